The average Bonchev–Trinajstić information content (AvgIpc) is 2.79. The van der Waals surface area contributed by atoms with Gasteiger partial charge in [0, 0.05) is 6.54 Å². The maximum absolute atomic E-state index is 13.4. The van der Waals surface area contributed by atoms with Crippen LogP contribution >= 0.6 is 0 Å². The highest BCUT2D eigenvalue weighted by Gasteiger charge is 2.23. The first-order chi connectivity index (χ1) is 9.40. The Morgan fingerprint density at radius 1 is 1.35 bits per heavy atom. The molecule has 2 rings (SSSR count). The van der Waals surface area contributed by atoms with E-state index >= 15 is 0 Å². The highest BCUT2D eigenvalue weighted by atomic mass is 19.2. The predicted octanol–water partition coefficient (Wildman–Crippen LogP) is 2.79. The lowest BCUT2D eigenvalue weighted by atomic mass is 10.1. The molecule has 0 N–H and O–H groups in total. The van der Waals surface area contributed by atoms with Crippen molar-refractivity contribution in [2.75, 3.05) is 0 Å². The summed E-state index contributed by atoms with van der Waals surface area (Å²) in [7, 11) is 0. The number of aromatic nitrogens is 3. The zero-order valence-corrected chi connectivity index (χ0v) is 10.9. The molecule has 1 heterocycles. The molecule has 0 unspecified atom stereocenters. The molecule has 0 fully saturated rings. The van der Waals surface area contributed by atoms with Gasteiger partial charge in [-0.2, -0.15) is 0 Å². The Labute approximate surface area is 113 Å². The van der Waals surface area contributed by atoms with E-state index in [4.69, 9.17) is 0 Å². The van der Waals surface area contributed by atoms with Crippen molar-refractivity contribution in [3.8, 4) is 11.4 Å². The third kappa shape index (κ3) is 2.63. The van der Waals surface area contributed by atoms with E-state index in [-0.39, 0.29) is 17.3 Å². The van der Waals surface area contributed by atoms with Gasteiger partial charge in [-0.1, -0.05) is 13.8 Å². The summed E-state index contributed by atoms with van der Waals surface area (Å²) in [6, 6.07) is 1.33. The van der Waals surface area contributed by atoms with Crippen molar-refractivity contribution < 1.29 is 13.7 Å². The lowest BCUT2D eigenvalue weighted by molar-refractivity contribution is -0.384. The SMILES string of the molecule is CC(C)Cn1cnnc1-c1cc(F)c(F)cc1[N+](=O)[O-]. The third-order valence-corrected chi connectivity index (χ3v) is 2.65. The zero-order chi connectivity index (χ0) is 14.9. The molecule has 0 aliphatic carbocycles. The van der Waals surface area contributed by atoms with Crippen molar-refractivity contribution in [1.29, 1.82) is 0 Å². The summed E-state index contributed by atoms with van der Waals surface area (Å²) in [5.74, 6) is -2.04. The third-order valence-electron chi connectivity index (χ3n) is 2.65. The van der Waals surface area contributed by atoms with Crippen molar-refractivity contribution in [2.24, 2.45) is 5.92 Å². The van der Waals surface area contributed by atoms with E-state index in [0.717, 1.165) is 6.07 Å². The first-order valence-electron chi connectivity index (χ1n) is 5.91. The Balaban J connectivity index is 2.60. The number of hydrogen-bond acceptors (Lipinski definition) is 4. The predicted molar refractivity (Wildman–Crippen MR) is 66.9 cm³/mol. The van der Waals surface area contributed by atoms with Gasteiger partial charge in [0.05, 0.1) is 11.0 Å². The van der Waals surface area contributed by atoms with Gasteiger partial charge in [-0.15, -0.1) is 10.2 Å². The van der Waals surface area contributed by atoms with E-state index < -0.39 is 22.2 Å². The molecule has 1 aromatic heterocycles. The van der Waals surface area contributed by atoms with Crippen molar-refractivity contribution in [3.63, 3.8) is 0 Å². The van der Waals surface area contributed by atoms with E-state index in [9.17, 15) is 18.9 Å². The molecule has 0 aliphatic heterocycles. The van der Waals surface area contributed by atoms with Crippen molar-refractivity contribution in [1.82, 2.24) is 14.8 Å². The van der Waals surface area contributed by atoms with Gasteiger partial charge in [0.25, 0.3) is 5.69 Å². The number of hydrogen-bond donors (Lipinski definition) is 0. The lowest BCUT2D eigenvalue weighted by Crippen LogP contribution is -2.06. The van der Waals surface area contributed by atoms with Crippen LogP contribution in [0.1, 0.15) is 13.8 Å². The molecule has 0 bridgehead atoms. The van der Waals surface area contributed by atoms with Crippen LogP contribution in [0.15, 0.2) is 18.5 Å². The van der Waals surface area contributed by atoms with E-state index in [2.05, 4.69) is 10.2 Å². The van der Waals surface area contributed by atoms with Gasteiger partial charge < -0.3 is 4.57 Å². The number of rotatable bonds is 4. The number of nitrogens with zero attached hydrogens (tertiary/aromatic N) is 4. The van der Waals surface area contributed by atoms with Crippen LogP contribution in [0.5, 0.6) is 0 Å². The maximum atomic E-state index is 13.4. The van der Waals surface area contributed by atoms with Crippen LogP contribution in [0.3, 0.4) is 0 Å². The van der Waals surface area contributed by atoms with Gasteiger partial charge in [-0.3, -0.25) is 10.1 Å². The van der Waals surface area contributed by atoms with Crippen molar-refractivity contribution in [2.45, 2.75) is 20.4 Å². The minimum absolute atomic E-state index is 0.0907. The highest BCUT2D eigenvalue weighted by Crippen LogP contribution is 2.30. The Hall–Kier alpha value is -2.38. The van der Waals surface area contributed by atoms with Gasteiger partial charge in [0.15, 0.2) is 17.5 Å². The van der Waals surface area contributed by atoms with E-state index in [1.807, 2.05) is 13.8 Å². The quantitative estimate of drug-likeness (QED) is 0.638. The lowest BCUT2D eigenvalue weighted by Gasteiger charge is -2.09. The van der Waals surface area contributed by atoms with Crippen molar-refractivity contribution in [3.05, 3.63) is 40.2 Å². The summed E-state index contributed by atoms with van der Waals surface area (Å²) < 4.78 is 28.1. The second-order valence-corrected chi connectivity index (χ2v) is 4.74. The van der Waals surface area contributed by atoms with E-state index in [1.165, 1.54) is 6.33 Å². The minimum Gasteiger partial charge on any atom is -0.313 e. The smallest absolute Gasteiger partial charge is 0.283 e. The maximum Gasteiger partial charge on any atom is 0.283 e. The molecule has 0 amide bonds. The molecule has 1 aromatic carbocycles. The summed E-state index contributed by atoms with van der Waals surface area (Å²) >= 11 is 0. The van der Waals surface area contributed by atoms with Gasteiger partial charge >= 0.3 is 0 Å². The second kappa shape index (κ2) is 5.32. The zero-order valence-electron chi connectivity index (χ0n) is 10.9. The summed E-state index contributed by atoms with van der Waals surface area (Å²) in [5.41, 5.74) is -0.631. The summed E-state index contributed by atoms with van der Waals surface area (Å²) in [6.07, 6.45) is 1.40. The standard InChI is InChI=1S/C12H12F2N4O2/c1-7(2)5-17-6-15-16-12(17)8-3-9(13)10(14)4-11(8)18(19)20/h3-4,6-7H,5H2,1-2H3. The largest absolute Gasteiger partial charge is 0.313 e. The molecule has 0 saturated carbocycles. The monoisotopic (exact) mass is 282 g/mol. The molecule has 0 saturated heterocycles. The second-order valence-electron chi connectivity index (χ2n) is 4.74. The number of nitro benzene ring substituents is 1. The topological polar surface area (TPSA) is 73.8 Å². The van der Waals surface area contributed by atoms with Crippen LogP contribution < -0.4 is 0 Å². The average molecular weight is 282 g/mol. The minimum atomic E-state index is -1.27. The fourth-order valence-corrected chi connectivity index (χ4v) is 1.86. The Morgan fingerprint density at radius 2 is 2.00 bits per heavy atom. The molecule has 2 aromatic rings. The summed E-state index contributed by atoms with van der Waals surface area (Å²) in [4.78, 5) is 10.2. The summed E-state index contributed by atoms with van der Waals surface area (Å²) in [5, 5.41) is 18.4. The van der Waals surface area contributed by atoms with Gasteiger partial charge in [-0.05, 0) is 12.0 Å². The number of benzene rings is 1. The molecule has 106 valence electrons. The molecule has 0 spiro atoms. The molecule has 20 heavy (non-hydrogen) atoms. The number of halogens is 2. The normalized spacial score (nSPS) is 11.1. The van der Waals surface area contributed by atoms with Crippen LogP contribution in [0.4, 0.5) is 14.5 Å². The fraction of sp³-hybridized carbons (Fsp3) is 0.333. The molecular formula is C12H12F2N4O2. The molecule has 0 aliphatic rings. The molecule has 0 radical (unpaired) electrons. The molecular weight excluding hydrogens is 270 g/mol. The Bertz CT molecular complexity index is 655. The van der Waals surface area contributed by atoms with Crippen molar-refractivity contribution >= 4 is 5.69 Å². The Kier molecular flexibility index (Phi) is 3.73. The number of nitro groups is 1. The summed E-state index contributed by atoms with van der Waals surface area (Å²) in [6.45, 7) is 4.41. The van der Waals surface area contributed by atoms with Crippen LogP contribution in [-0.2, 0) is 6.54 Å². The van der Waals surface area contributed by atoms with E-state index in [0.29, 0.717) is 12.6 Å². The Morgan fingerprint density at radius 3 is 2.60 bits per heavy atom. The van der Waals surface area contributed by atoms with Crippen LogP contribution in [0.2, 0.25) is 0 Å². The molecule has 6 nitrogen and oxygen atoms in total. The van der Waals surface area contributed by atoms with Gasteiger partial charge in [0.1, 0.15) is 11.9 Å². The van der Waals surface area contributed by atoms with Gasteiger partial charge in [0.2, 0.25) is 0 Å². The van der Waals surface area contributed by atoms with Crippen LogP contribution in [0.25, 0.3) is 11.4 Å². The molecule has 8 heteroatoms. The van der Waals surface area contributed by atoms with Crippen LogP contribution in [0, 0.1) is 27.7 Å². The molecule has 0 atom stereocenters. The first kappa shape index (κ1) is 14.0. The fourth-order valence-electron chi connectivity index (χ4n) is 1.86. The van der Waals surface area contributed by atoms with Gasteiger partial charge in [-0.25, -0.2) is 8.78 Å². The van der Waals surface area contributed by atoms with Crippen LogP contribution in [-0.4, -0.2) is 19.7 Å². The van der Waals surface area contributed by atoms with E-state index in [1.54, 1.807) is 4.57 Å². The first-order valence-corrected chi connectivity index (χ1v) is 5.91. The highest BCUT2D eigenvalue weighted by molar-refractivity contribution is 5.68.